The smallest absolute Gasteiger partial charge is 0.0838 e. The Balaban J connectivity index is 2.96. The largest absolute Gasteiger partial charge is 0.411 e. The first-order valence-corrected chi connectivity index (χ1v) is 2.93. The highest BCUT2D eigenvalue weighted by atomic mass is 16.4. The van der Waals surface area contributed by atoms with Crippen molar-refractivity contribution in [1.82, 2.24) is 4.98 Å². The van der Waals surface area contributed by atoms with Crippen LogP contribution < -0.4 is 0 Å². The van der Waals surface area contributed by atoms with Gasteiger partial charge in [0.05, 0.1) is 5.71 Å². The molecule has 1 N–H and O–H groups in total. The van der Waals surface area contributed by atoms with E-state index in [1.165, 1.54) is 0 Å². The number of aromatic nitrogens is 1. The highest BCUT2D eigenvalue weighted by Gasteiger charge is 1.93. The summed E-state index contributed by atoms with van der Waals surface area (Å²) in [6.07, 6.45) is 3.31. The monoisotopic (exact) mass is 136 g/mol. The summed E-state index contributed by atoms with van der Waals surface area (Å²) in [4.78, 5) is 3.83. The molecule has 0 amide bonds. The SMILES string of the molecule is C/C(=N/O)c1ccncc1. The van der Waals surface area contributed by atoms with E-state index < -0.39 is 0 Å². The Morgan fingerprint density at radius 1 is 1.50 bits per heavy atom. The van der Waals surface area contributed by atoms with E-state index in [1.807, 2.05) is 0 Å². The fourth-order valence-corrected chi connectivity index (χ4v) is 0.651. The van der Waals surface area contributed by atoms with Crippen LogP contribution in [-0.4, -0.2) is 15.9 Å². The minimum atomic E-state index is 0.599. The molecular weight excluding hydrogens is 128 g/mol. The van der Waals surface area contributed by atoms with Crippen LogP contribution in [-0.2, 0) is 0 Å². The standard InChI is InChI=1S/C7H8N2O/c1-6(9-10)7-2-4-8-5-3-7/h2-5,10H,1H3/b9-6-. The first-order chi connectivity index (χ1) is 4.84. The quantitative estimate of drug-likeness (QED) is 0.359. The number of rotatable bonds is 1. The van der Waals surface area contributed by atoms with Gasteiger partial charge in [-0.1, -0.05) is 5.16 Å². The number of hydrogen-bond donors (Lipinski definition) is 1. The summed E-state index contributed by atoms with van der Waals surface area (Å²) in [6.45, 7) is 1.73. The molecule has 0 aliphatic heterocycles. The molecular formula is C7H8N2O. The van der Waals surface area contributed by atoms with Crippen molar-refractivity contribution in [2.24, 2.45) is 5.16 Å². The molecule has 1 aromatic heterocycles. The van der Waals surface area contributed by atoms with Gasteiger partial charge in [-0.2, -0.15) is 0 Å². The highest BCUT2D eigenvalue weighted by molar-refractivity contribution is 5.97. The lowest BCUT2D eigenvalue weighted by Crippen LogP contribution is -1.93. The lowest BCUT2D eigenvalue weighted by molar-refractivity contribution is 0.319. The van der Waals surface area contributed by atoms with Crippen LogP contribution >= 0.6 is 0 Å². The molecule has 52 valence electrons. The second kappa shape index (κ2) is 2.96. The molecule has 1 heterocycles. The minimum absolute atomic E-state index is 0.599. The molecule has 0 saturated heterocycles. The molecule has 10 heavy (non-hydrogen) atoms. The van der Waals surface area contributed by atoms with Crippen LogP contribution in [0.1, 0.15) is 12.5 Å². The van der Waals surface area contributed by atoms with Crippen molar-refractivity contribution in [1.29, 1.82) is 0 Å². The number of oxime groups is 1. The first-order valence-electron chi connectivity index (χ1n) is 2.93. The maximum atomic E-state index is 8.36. The minimum Gasteiger partial charge on any atom is -0.411 e. The Morgan fingerprint density at radius 3 is 2.60 bits per heavy atom. The molecule has 1 aromatic rings. The Morgan fingerprint density at radius 2 is 2.10 bits per heavy atom. The molecule has 0 saturated carbocycles. The van der Waals surface area contributed by atoms with Crippen molar-refractivity contribution in [3.05, 3.63) is 30.1 Å². The van der Waals surface area contributed by atoms with E-state index in [1.54, 1.807) is 31.5 Å². The molecule has 0 aromatic carbocycles. The van der Waals surface area contributed by atoms with Gasteiger partial charge in [0.1, 0.15) is 0 Å². The molecule has 0 aliphatic carbocycles. The molecule has 0 radical (unpaired) electrons. The summed E-state index contributed by atoms with van der Waals surface area (Å²) < 4.78 is 0. The van der Waals surface area contributed by atoms with Crippen LogP contribution in [0.5, 0.6) is 0 Å². The van der Waals surface area contributed by atoms with Crippen molar-refractivity contribution >= 4 is 5.71 Å². The van der Waals surface area contributed by atoms with E-state index in [4.69, 9.17) is 5.21 Å². The summed E-state index contributed by atoms with van der Waals surface area (Å²) >= 11 is 0. The molecule has 0 aliphatic rings. The fourth-order valence-electron chi connectivity index (χ4n) is 0.651. The van der Waals surface area contributed by atoms with Crippen LogP contribution in [0.2, 0.25) is 0 Å². The molecule has 1 rings (SSSR count). The van der Waals surface area contributed by atoms with Crippen LogP contribution in [0.25, 0.3) is 0 Å². The van der Waals surface area contributed by atoms with Crippen LogP contribution in [0.15, 0.2) is 29.7 Å². The van der Waals surface area contributed by atoms with E-state index in [2.05, 4.69) is 10.1 Å². The number of nitrogens with zero attached hydrogens (tertiary/aromatic N) is 2. The van der Waals surface area contributed by atoms with E-state index >= 15 is 0 Å². The Bertz CT molecular complexity index is 231. The third kappa shape index (κ3) is 1.31. The Labute approximate surface area is 59.0 Å². The predicted molar refractivity (Wildman–Crippen MR) is 38.2 cm³/mol. The zero-order valence-corrected chi connectivity index (χ0v) is 5.65. The van der Waals surface area contributed by atoms with Gasteiger partial charge in [-0.05, 0) is 19.1 Å². The molecule has 0 unspecified atom stereocenters. The van der Waals surface area contributed by atoms with Crippen LogP contribution in [0.4, 0.5) is 0 Å². The van der Waals surface area contributed by atoms with Gasteiger partial charge in [-0.3, -0.25) is 4.98 Å². The fraction of sp³-hybridized carbons (Fsp3) is 0.143. The molecule has 0 atom stereocenters. The van der Waals surface area contributed by atoms with Crippen molar-refractivity contribution in [3.8, 4) is 0 Å². The Kier molecular flexibility index (Phi) is 1.99. The van der Waals surface area contributed by atoms with Crippen LogP contribution in [0, 0.1) is 0 Å². The highest BCUT2D eigenvalue weighted by Crippen LogP contribution is 1.97. The summed E-state index contributed by atoms with van der Waals surface area (Å²) in [5, 5.41) is 11.4. The van der Waals surface area contributed by atoms with Gasteiger partial charge in [0.15, 0.2) is 0 Å². The molecule has 3 nitrogen and oxygen atoms in total. The summed E-state index contributed by atoms with van der Waals surface area (Å²) in [6, 6.07) is 3.57. The van der Waals surface area contributed by atoms with Gasteiger partial charge in [0, 0.05) is 18.0 Å². The first kappa shape index (κ1) is 6.74. The van der Waals surface area contributed by atoms with Gasteiger partial charge >= 0.3 is 0 Å². The number of pyridine rings is 1. The van der Waals surface area contributed by atoms with Gasteiger partial charge in [0.2, 0.25) is 0 Å². The van der Waals surface area contributed by atoms with Crippen molar-refractivity contribution in [2.45, 2.75) is 6.92 Å². The lowest BCUT2D eigenvalue weighted by Gasteiger charge is -1.93. The predicted octanol–water partition coefficient (Wildman–Crippen LogP) is 1.28. The maximum absolute atomic E-state index is 8.36. The Hall–Kier alpha value is -1.38. The van der Waals surface area contributed by atoms with E-state index in [9.17, 15) is 0 Å². The third-order valence-electron chi connectivity index (χ3n) is 1.25. The van der Waals surface area contributed by atoms with E-state index in [-0.39, 0.29) is 0 Å². The van der Waals surface area contributed by atoms with Crippen molar-refractivity contribution < 1.29 is 5.21 Å². The molecule has 0 bridgehead atoms. The average Bonchev–Trinajstić information content (AvgIpc) is 2.05. The van der Waals surface area contributed by atoms with E-state index in [0.717, 1.165) is 5.56 Å². The van der Waals surface area contributed by atoms with Crippen LogP contribution in [0.3, 0.4) is 0 Å². The zero-order chi connectivity index (χ0) is 7.40. The summed E-state index contributed by atoms with van der Waals surface area (Å²) in [5.41, 5.74) is 1.49. The van der Waals surface area contributed by atoms with E-state index in [0.29, 0.717) is 5.71 Å². The normalized spacial score (nSPS) is 11.5. The number of hydrogen-bond acceptors (Lipinski definition) is 3. The van der Waals surface area contributed by atoms with Gasteiger partial charge < -0.3 is 5.21 Å². The third-order valence-corrected chi connectivity index (χ3v) is 1.25. The second-order valence-electron chi connectivity index (χ2n) is 1.92. The lowest BCUT2D eigenvalue weighted by atomic mass is 10.2. The topological polar surface area (TPSA) is 45.5 Å². The van der Waals surface area contributed by atoms with Gasteiger partial charge in [0.25, 0.3) is 0 Å². The molecule has 0 spiro atoms. The summed E-state index contributed by atoms with van der Waals surface area (Å²) in [7, 11) is 0. The van der Waals surface area contributed by atoms with Crippen molar-refractivity contribution in [3.63, 3.8) is 0 Å². The van der Waals surface area contributed by atoms with Gasteiger partial charge in [-0.25, -0.2) is 0 Å². The zero-order valence-electron chi connectivity index (χ0n) is 5.65. The molecule has 3 heteroatoms. The summed E-state index contributed by atoms with van der Waals surface area (Å²) in [5.74, 6) is 0. The van der Waals surface area contributed by atoms with Gasteiger partial charge in [-0.15, -0.1) is 0 Å². The van der Waals surface area contributed by atoms with Crippen molar-refractivity contribution in [2.75, 3.05) is 0 Å². The average molecular weight is 136 g/mol. The molecule has 0 fully saturated rings. The second-order valence-corrected chi connectivity index (χ2v) is 1.92. The maximum Gasteiger partial charge on any atom is 0.0838 e.